The van der Waals surface area contributed by atoms with Crippen LogP contribution in [0.4, 0.5) is 0 Å². The summed E-state index contributed by atoms with van der Waals surface area (Å²) in [6, 6.07) is 11.8. The van der Waals surface area contributed by atoms with Crippen molar-refractivity contribution in [2.45, 2.75) is 6.42 Å². The van der Waals surface area contributed by atoms with Crippen molar-refractivity contribution in [3.63, 3.8) is 0 Å². The highest BCUT2D eigenvalue weighted by Crippen LogP contribution is 2.25. The lowest BCUT2D eigenvalue weighted by molar-refractivity contribution is 0.393. The van der Waals surface area contributed by atoms with Crippen LogP contribution in [-0.4, -0.2) is 24.2 Å². The SMILES string of the molecule is COc1cc(Cc2ccc3ncc(Cl)nc3c2)cc(OC)c1. The molecule has 0 saturated carbocycles. The second-order valence-electron chi connectivity index (χ2n) is 4.91. The molecular formula is C17H15ClN2O2. The van der Waals surface area contributed by atoms with Gasteiger partial charge in [0.2, 0.25) is 0 Å². The molecule has 0 saturated heterocycles. The zero-order chi connectivity index (χ0) is 15.5. The quantitative estimate of drug-likeness (QED) is 0.733. The number of rotatable bonds is 4. The van der Waals surface area contributed by atoms with E-state index < -0.39 is 0 Å². The summed E-state index contributed by atoms with van der Waals surface area (Å²) in [6.45, 7) is 0. The third-order valence-electron chi connectivity index (χ3n) is 3.40. The molecule has 1 aromatic heterocycles. The van der Waals surface area contributed by atoms with E-state index in [4.69, 9.17) is 21.1 Å². The molecule has 0 aliphatic heterocycles. The van der Waals surface area contributed by atoms with Gasteiger partial charge in [0.25, 0.3) is 0 Å². The van der Waals surface area contributed by atoms with Gasteiger partial charge in [0.1, 0.15) is 16.7 Å². The molecule has 112 valence electrons. The Morgan fingerprint density at radius 1 is 0.909 bits per heavy atom. The van der Waals surface area contributed by atoms with Crippen molar-refractivity contribution in [1.29, 1.82) is 0 Å². The van der Waals surface area contributed by atoms with Gasteiger partial charge in [-0.3, -0.25) is 4.98 Å². The van der Waals surface area contributed by atoms with Crippen molar-refractivity contribution >= 4 is 22.6 Å². The molecular weight excluding hydrogens is 300 g/mol. The summed E-state index contributed by atoms with van der Waals surface area (Å²) in [4.78, 5) is 8.55. The lowest BCUT2D eigenvalue weighted by Gasteiger charge is -2.09. The van der Waals surface area contributed by atoms with E-state index >= 15 is 0 Å². The van der Waals surface area contributed by atoms with E-state index in [0.717, 1.165) is 40.1 Å². The highest BCUT2D eigenvalue weighted by atomic mass is 35.5. The van der Waals surface area contributed by atoms with Gasteiger partial charge in [0.05, 0.1) is 31.4 Å². The number of hydrogen-bond donors (Lipinski definition) is 0. The standard InChI is InChI=1S/C17H15ClN2O2/c1-21-13-6-12(7-14(9-13)22-2)5-11-3-4-15-16(8-11)20-17(18)10-19-15/h3-4,6-10H,5H2,1-2H3. The van der Waals surface area contributed by atoms with Crippen molar-refractivity contribution in [3.05, 3.63) is 58.9 Å². The van der Waals surface area contributed by atoms with Crippen LogP contribution < -0.4 is 9.47 Å². The fraction of sp³-hybridized carbons (Fsp3) is 0.176. The molecule has 1 heterocycles. The zero-order valence-corrected chi connectivity index (χ0v) is 13.1. The van der Waals surface area contributed by atoms with Crippen LogP contribution in [0.5, 0.6) is 11.5 Å². The maximum absolute atomic E-state index is 5.90. The first-order valence-corrected chi connectivity index (χ1v) is 7.19. The van der Waals surface area contributed by atoms with Crippen LogP contribution in [0.15, 0.2) is 42.6 Å². The number of fused-ring (bicyclic) bond motifs is 1. The van der Waals surface area contributed by atoms with Crippen LogP contribution in [0.3, 0.4) is 0 Å². The van der Waals surface area contributed by atoms with Crippen LogP contribution >= 0.6 is 11.6 Å². The monoisotopic (exact) mass is 314 g/mol. The average molecular weight is 315 g/mol. The van der Waals surface area contributed by atoms with E-state index in [0.29, 0.717) is 5.15 Å². The summed E-state index contributed by atoms with van der Waals surface area (Å²) in [7, 11) is 3.29. The van der Waals surface area contributed by atoms with E-state index in [9.17, 15) is 0 Å². The minimum Gasteiger partial charge on any atom is -0.497 e. The fourth-order valence-electron chi connectivity index (χ4n) is 2.35. The van der Waals surface area contributed by atoms with Crippen LogP contribution in [0.2, 0.25) is 5.15 Å². The first-order chi connectivity index (χ1) is 10.7. The van der Waals surface area contributed by atoms with Gasteiger partial charge in [0, 0.05) is 6.07 Å². The van der Waals surface area contributed by atoms with E-state index in [1.165, 1.54) is 0 Å². The molecule has 0 radical (unpaired) electrons. The zero-order valence-electron chi connectivity index (χ0n) is 12.3. The van der Waals surface area contributed by atoms with Crippen LogP contribution in [0.1, 0.15) is 11.1 Å². The first-order valence-electron chi connectivity index (χ1n) is 6.81. The summed E-state index contributed by atoms with van der Waals surface area (Å²) in [5.74, 6) is 1.55. The highest BCUT2D eigenvalue weighted by molar-refractivity contribution is 6.29. The molecule has 0 N–H and O–H groups in total. The molecule has 5 heteroatoms. The first kappa shape index (κ1) is 14.6. The molecule has 0 aliphatic rings. The third-order valence-corrected chi connectivity index (χ3v) is 3.58. The molecule has 0 fully saturated rings. The molecule has 0 bridgehead atoms. The Morgan fingerprint density at radius 2 is 1.64 bits per heavy atom. The molecule has 0 spiro atoms. The largest absolute Gasteiger partial charge is 0.497 e. The van der Waals surface area contributed by atoms with Gasteiger partial charge in [-0.1, -0.05) is 17.7 Å². The summed E-state index contributed by atoms with van der Waals surface area (Å²) >= 11 is 5.90. The van der Waals surface area contributed by atoms with E-state index in [-0.39, 0.29) is 0 Å². The van der Waals surface area contributed by atoms with Gasteiger partial charge in [-0.05, 0) is 41.8 Å². The molecule has 3 aromatic rings. The number of methoxy groups -OCH3 is 2. The summed E-state index contributed by atoms with van der Waals surface area (Å²) < 4.78 is 10.6. The van der Waals surface area contributed by atoms with Crippen LogP contribution in [0.25, 0.3) is 11.0 Å². The Bertz CT molecular complexity index is 799. The van der Waals surface area contributed by atoms with Gasteiger partial charge in [-0.25, -0.2) is 4.98 Å². The van der Waals surface area contributed by atoms with Crippen molar-refractivity contribution in [1.82, 2.24) is 9.97 Å². The smallest absolute Gasteiger partial charge is 0.148 e. The molecule has 4 nitrogen and oxygen atoms in total. The summed E-state index contributed by atoms with van der Waals surface area (Å²) in [5.41, 5.74) is 3.85. The van der Waals surface area contributed by atoms with Crippen molar-refractivity contribution in [2.24, 2.45) is 0 Å². The number of halogens is 1. The normalized spacial score (nSPS) is 10.7. The van der Waals surface area contributed by atoms with E-state index in [1.807, 2.05) is 36.4 Å². The average Bonchev–Trinajstić information content (AvgIpc) is 2.54. The van der Waals surface area contributed by atoms with Gasteiger partial charge in [-0.15, -0.1) is 0 Å². The van der Waals surface area contributed by atoms with Gasteiger partial charge in [-0.2, -0.15) is 0 Å². The Morgan fingerprint density at radius 3 is 2.32 bits per heavy atom. The maximum Gasteiger partial charge on any atom is 0.148 e. The Kier molecular flexibility index (Phi) is 4.11. The Balaban J connectivity index is 1.95. The van der Waals surface area contributed by atoms with Gasteiger partial charge >= 0.3 is 0 Å². The van der Waals surface area contributed by atoms with Crippen molar-refractivity contribution in [2.75, 3.05) is 14.2 Å². The van der Waals surface area contributed by atoms with Crippen molar-refractivity contribution < 1.29 is 9.47 Å². The summed E-state index contributed by atoms with van der Waals surface area (Å²) in [6.07, 6.45) is 2.30. The number of benzene rings is 2. The molecule has 2 aromatic carbocycles. The molecule has 0 unspecified atom stereocenters. The Labute approximate surface area is 133 Å². The Hall–Kier alpha value is -2.33. The predicted octanol–water partition coefficient (Wildman–Crippen LogP) is 3.89. The topological polar surface area (TPSA) is 44.2 Å². The minimum absolute atomic E-state index is 0.396. The van der Waals surface area contributed by atoms with Gasteiger partial charge < -0.3 is 9.47 Å². The third kappa shape index (κ3) is 3.12. The number of aromatic nitrogens is 2. The van der Waals surface area contributed by atoms with E-state index in [1.54, 1.807) is 20.4 Å². The molecule has 0 atom stereocenters. The molecule has 0 amide bonds. The molecule has 0 aliphatic carbocycles. The maximum atomic E-state index is 5.90. The number of nitrogens with zero attached hydrogens (tertiary/aromatic N) is 2. The van der Waals surface area contributed by atoms with Crippen LogP contribution in [-0.2, 0) is 6.42 Å². The molecule has 3 rings (SSSR count). The van der Waals surface area contributed by atoms with Crippen molar-refractivity contribution in [3.8, 4) is 11.5 Å². The highest BCUT2D eigenvalue weighted by Gasteiger charge is 2.05. The lowest BCUT2D eigenvalue weighted by atomic mass is 10.0. The molecule has 22 heavy (non-hydrogen) atoms. The second kappa shape index (κ2) is 6.20. The summed E-state index contributed by atoms with van der Waals surface area (Å²) in [5, 5.41) is 0.396. The van der Waals surface area contributed by atoms with Crippen LogP contribution in [0, 0.1) is 0 Å². The predicted molar refractivity (Wildman–Crippen MR) is 86.9 cm³/mol. The van der Waals surface area contributed by atoms with Gasteiger partial charge in [0.15, 0.2) is 0 Å². The minimum atomic E-state index is 0.396. The van der Waals surface area contributed by atoms with E-state index in [2.05, 4.69) is 9.97 Å². The lowest BCUT2D eigenvalue weighted by Crippen LogP contribution is -1.94. The fourth-order valence-corrected chi connectivity index (χ4v) is 2.49. The number of hydrogen-bond acceptors (Lipinski definition) is 4. The number of ether oxygens (including phenoxy) is 2. The second-order valence-corrected chi connectivity index (χ2v) is 5.30.